The molecule has 4 heteroatoms. The summed E-state index contributed by atoms with van der Waals surface area (Å²) in [6.45, 7) is 7.65. The van der Waals surface area contributed by atoms with Gasteiger partial charge < -0.3 is 10.6 Å². The molecule has 1 unspecified atom stereocenters. The van der Waals surface area contributed by atoms with Crippen LogP contribution in [0.15, 0.2) is 5.38 Å². The van der Waals surface area contributed by atoms with E-state index in [-0.39, 0.29) is 0 Å². The van der Waals surface area contributed by atoms with Crippen LogP contribution in [-0.2, 0) is 6.42 Å². The Bertz CT molecular complexity index is 342. The first-order valence-corrected chi connectivity index (χ1v) is 7.43. The maximum atomic E-state index is 4.48. The molecule has 3 nitrogen and oxygen atoms in total. The fraction of sp³-hybridized carbons (Fsp3) is 0.769. The van der Waals surface area contributed by atoms with Gasteiger partial charge in [0.05, 0.1) is 5.01 Å². The van der Waals surface area contributed by atoms with E-state index in [0.717, 1.165) is 25.2 Å². The lowest BCUT2D eigenvalue weighted by molar-refractivity contribution is 0.268. The highest BCUT2D eigenvalue weighted by molar-refractivity contribution is 7.09. The number of hydrogen-bond donors (Lipinski definition) is 2. The summed E-state index contributed by atoms with van der Waals surface area (Å²) >= 11 is 1.77. The molecule has 0 bridgehead atoms. The summed E-state index contributed by atoms with van der Waals surface area (Å²) in [4.78, 5) is 4.48. The molecule has 0 amide bonds. The third kappa shape index (κ3) is 4.05. The number of aromatic nitrogens is 1. The lowest BCUT2D eigenvalue weighted by Crippen LogP contribution is -2.52. The second kappa shape index (κ2) is 5.94. The predicted molar refractivity (Wildman–Crippen MR) is 73.7 cm³/mol. The van der Waals surface area contributed by atoms with Gasteiger partial charge >= 0.3 is 0 Å². The van der Waals surface area contributed by atoms with Crippen LogP contribution < -0.4 is 10.6 Å². The van der Waals surface area contributed by atoms with Crippen molar-refractivity contribution in [2.24, 2.45) is 0 Å². The largest absolute Gasteiger partial charge is 0.314 e. The fourth-order valence-electron chi connectivity index (χ4n) is 2.35. The maximum Gasteiger partial charge on any atom is 0.0940 e. The highest BCUT2D eigenvalue weighted by Crippen LogP contribution is 2.17. The second-order valence-electron chi connectivity index (χ2n) is 5.25. The molecule has 2 heterocycles. The first-order chi connectivity index (χ1) is 8.18. The van der Waals surface area contributed by atoms with Gasteiger partial charge in [0.2, 0.25) is 0 Å². The second-order valence-corrected chi connectivity index (χ2v) is 6.20. The summed E-state index contributed by atoms with van der Waals surface area (Å²) in [6.07, 6.45) is 5.02. The molecule has 1 atom stereocenters. The van der Waals surface area contributed by atoms with Gasteiger partial charge in [-0.2, -0.15) is 0 Å². The highest BCUT2D eigenvalue weighted by Gasteiger charge is 2.25. The van der Waals surface area contributed by atoms with Gasteiger partial charge in [0.25, 0.3) is 0 Å². The lowest BCUT2D eigenvalue weighted by Gasteiger charge is -2.35. The van der Waals surface area contributed by atoms with Crippen molar-refractivity contribution in [1.82, 2.24) is 15.6 Å². The van der Waals surface area contributed by atoms with Crippen LogP contribution in [0.1, 0.15) is 36.9 Å². The van der Waals surface area contributed by atoms with E-state index in [2.05, 4.69) is 34.8 Å². The van der Waals surface area contributed by atoms with E-state index in [1.54, 1.807) is 11.3 Å². The molecule has 2 rings (SSSR count). The minimum Gasteiger partial charge on any atom is -0.314 e. The highest BCUT2D eigenvalue weighted by atomic mass is 32.1. The monoisotopic (exact) mass is 253 g/mol. The van der Waals surface area contributed by atoms with Gasteiger partial charge in [-0.25, -0.2) is 4.98 Å². The minimum absolute atomic E-state index is 0.303. The average molecular weight is 253 g/mol. The number of nitrogens with one attached hydrogen (secondary N) is 2. The van der Waals surface area contributed by atoms with Gasteiger partial charge in [-0.05, 0) is 33.2 Å². The quantitative estimate of drug-likeness (QED) is 0.789. The van der Waals surface area contributed by atoms with E-state index >= 15 is 0 Å². The van der Waals surface area contributed by atoms with E-state index in [0.29, 0.717) is 5.54 Å². The number of nitrogens with zero attached hydrogens (tertiary/aromatic N) is 1. The molecular formula is C13H23N3S. The van der Waals surface area contributed by atoms with Crippen molar-refractivity contribution in [3.05, 3.63) is 16.1 Å². The molecule has 0 radical (unpaired) electrons. The fourth-order valence-corrected chi connectivity index (χ4v) is 3.12. The van der Waals surface area contributed by atoms with Crippen molar-refractivity contribution in [2.45, 2.75) is 45.1 Å². The zero-order chi connectivity index (χ0) is 12.1. The van der Waals surface area contributed by atoms with Crippen LogP contribution in [-0.4, -0.2) is 30.2 Å². The average Bonchev–Trinajstić information content (AvgIpc) is 2.72. The summed E-state index contributed by atoms with van der Waals surface area (Å²) < 4.78 is 0. The van der Waals surface area contributed by atoms with Crippen molar-refractivity contribution in [1.29, 1.82) is 0 Å². The normalized spacial score (nSPS) is 25.1. The van der Waals surface area contributed by atoms with E-state index in [4.69, 9.17) is 0 Å². The zero-order valence-corrected chi connectivity index (χ0v) is 11.7. The maximum absolute atomic E-state index is 4.48. The van der Waals surface area contributed by atoms with Crippen LogP contribution in [0.3, 0.4) is 0 Å². The number of piperidine rings is 1. The summed E-state index contributed by atoms with van der Waals surface area (Å²) in [6, 6.07) is 0. The Kier molecular flexibility index (Phi) is 4.54. The summed E-state index contributed by atoms with van der Waals surface area (Å²) in [5.74, 6) is 0. The van der Waals surface area contributed by atoms with Gasteiger partial charge in [-0.3, -0.25) is 0 Å². The third-order valence-electron chi connectivity index (χ3n) is 3.40. The molecule has 96 valence electrons. The molecule has 1 aliphatic rings. The van der Waals surface area contributed by atoms with E-state index in [1.807, 2.05) is 0 Å². The van der Waals surface area contributed by atoms with Crippen molar-refractivity contribution < 1.29 is 0 Å². The van der Waals surface area contributed by atoms with Crippen LogP contribution in [0.25, 0.3) is 0 Å². The van der Waals surface area contributed by atoms with Crippen LogP contribution in [0.5, 0.6) is 0 Å². The molecule has 2 N–H and O–H groups in total. The lowest BCUT2D eigenvalue weighted by atomic mass is 9.91. The number of hydrogen-bond acceptors (Lipinski definition) is 4. The SMILES string of the molecule is Cc1csc(CCNCC2(C)CCCCN2)n1. The molecule has 1 saturated heterocycles. The molecule has 0 saturated carbocycles. The van der Waals surface area contributed by atoms with Gasteiger partial charge in [-0.1, -0.05) is 6.42 Å². The van der Waals surface area contributed by atoms with Crippen LogP contribution in [0.2, 0.25) is 0 Å². The smallest absolute Gasteiger partial charge is 0.0940 e. The van der Waals surface area contributed by atoms with Gasteiger partial charge in [-0.15, -0.1) is 11.3 Å². The van der Waals surface area contributed by atoms with Crippen molar-refractivity contribution in [2.75, 3.05) is 19.6 Å². The van der Waals surface area contributed by atoms with Crippen molar-refractivity contribution >= 4 is 11.3 Å². The van der Waals surface area contributed by atoms with Crippen LogP contribution >= 0.6 is 11.3 Å². The molecule has 1 fully saturated rings. The van der Waals surface area contributed by atoms with Gasteiger partial charge in [0.1, 0.15) is 0 Å². The molecule has 1 aromatic heterocycles. The number of thiazole rings is 1. The predicted octanol–water partition coefficient (Wildman–Crippen LogP) is 2.12. The van der Waals surface area contributed by atoms with Gasteiger partial charge in [0, 0.05) is 36.1 Å². The first-order valence-electron chi connectivity index (χ1n) is 6.55. The zero-order valence-electron chi connectivity index (χ0n) is 10.9. The molecule has 0 aliphatic carbocycles. The Hall–Kier alpha value is -0.450. The number of aryl methyl sites for hydroxylation is 1. The molecule has 1 aromatic rings. The number of rotatable bonds is 5. The topological polar surface area (TPSA) is 37.0 Å². The Balaban J connectivity index is 1.65. The van der Waals surface area contributed by atoms with E-state index in [1.165, 1.54) is 30.8 Å². The Morgan fingerprint density at radius 3 is 3.06 bits per heavy atom. The Morgan fingerprint density at radius 1 is 1.53 bits per heavy atom. The van der Waals surface area contributed by atoms with Crippen LogP contribution in [0, 0.1) is 6.92 Å². The molecule has 0 spiro atoms. The Labute approximate surface area is 108 Å². The van der Waals surface area contributed by atoms with E-state index < -0.39 is 0 Å². The molecule has 0 aromatic carbocycles. The summed E-state index contributed by atoms with van der Waals surface area (Å²) in [5.41, 5.74) is 1.45. The molecular weight excluding hydrogens is 230 g/mol. The summed E-state index contributed by atoms with van der Waals surface area (Å²) in [5, 5.41) is 10.6. The summed E-state index contributed by atoms with van der Waals surface area (Å²) in [7, 11) is 0. The van der Waals surface area contributed by atoms with Crippen molar-refractivity contribution in [3.8, 4) is 0 Å². The van der Waals surface area contributed by atoms with E-state index in [9.17, 15) is 0 Å². The van der Waals surface area contributed by atoms with Crippen LogP contribution in [0.4, 0.5) is 0 Å². The van der Waals surface area contributed by atoms with Crippen molar-refractivity contribution in [3.63, 3.8) is 0 Å². The Morgan fingerprint density at radius 2 is 2.41 bits per heavy atom. The molecule has 17 heavy (non-hydrogen) atoms. The first kappa shape index (κ1) is 13.0. The minimum atomic E-state index is 0.303. The molecule has 1 aliphatic heterocycles. The van der Waals surface area contributed by atoms with Gasteiger partial charge in [0.15, 0.2) is 0 Å². The third-order valence-corrected chi connectivity index (χ3v) is 4.43. The standard InChI is InChI=1S/C13H23N3S/c1-11-9-17-12(16-11)5-8-14-10-13(2)6-3-4-7-15-13/h9,14-15H,3-8,10H2,1-2H3.